The van der Waals surface area contributed by atoms with Crippen LogP contribution < -0.4 is 10.9 Å². The second-order valence-corrected chi connectivity index (χ2v) is 8.06. The number of hydrogen-bond acceptors (Lipinski definition) is 5. The molecule has 11 heteroatoms. The first kappa shape index (κ1) is 22.1. The number of pyridine rings is 1. The van der Waals surface area contributed by atoms with Gasteiger partial charge in [-0.25, -0.2) is 27.5 Å². The van der Waals surface area contributed by atoms with Crippen LogP contribution in [0.1, 0.15) is 43.1 Å². The van der Waals surface area contributed by atoms with Crippen LogP contribution in [-0.2, 0) is 11.3 Å². The molecule has 1 atom stereocenters. The summed E-state index contributed by atoms with van der Waals surface area (Å²) >= 11 is 0. The Morgan fingerprint density at radius 3 is 2.53 bits per heavy atom. The molecule has 2 heterocycles. The molecular weight excluding hydrogens is 435 g/mol. The van der Waals surface area contributed by atoms with Crippen molar-refractivity contribution in [3.8, 4) is 0 Å². The van der Waals surface area contributed by atoms with Crippen LogP contribution in [0.5, 0.6) is 0 Å². The van der Waals surface area contributed by atoms with Crippen LogP contribution in [0.4, 0.5) is 27.8 Å². The van der Waals surface area contributed by atoms with Crippen LogP contribution in [-0.4, -0.2) is 26.3 Å². The lowest BCUT2D eigenvalue weighted by Crippen LogP contribution is -2.35. The molecule has 32 heavy (non-hydrogen) atoms. The largest absolute Gasteiger partial charge is 0.367 e. The Balaban J connectivity index is 1.88. The molecular formula is C21H19F5N4O2. The SMILES string of the molecule is Cc1nc(N[C@@](C)(O)c2cccc(C(F)F)c2F)c2cn(C3(CF)CC3)c(=O)c(F)c2n1. The Hall–Kier alpha value is -3.08. The molecule has 0 spiro atoms. The molecule has 170 valence electrons. The maximum absolute atomic E-state index is 14.9. The number of rotatable bonds is 6. The predicted octanol–water partition coefficient (Wildman–Crippen LogP) is 4.05. The predicted molar refractivity (Wildman–Crippen MR) is 106 cm³/mol. The minimum absolute atomic E-state index is 0.0280. The number of hydrogen-bond donors (Lipinski definition) is 2. The van der Waals surface area contributed by atoms with Gasteiger partial charge >= 0.3 is 0 Å². The summed E-state index contributed by atoms with van der Waals surface area (Å²) in [4.78, 5) is 20.5. The maximum Gasteiger partial charge on any atom is 0.289 e. The number of benzene rings is 1. The first-order valence-corrected chi connectivity index (χ1v) is 9.74. The third kappa shape index (κ3) is 3.50. The molecule has 1 aromatic carbocycles. The van der Waals surface area contributed by atoms with Gasteiger partial charge < -0.3 is 15.0 Å². The van der Waals surface area contributed by atoms with Crippen molar-refractivity contribution < 1.29 is 27.1 Å². The van der Waals surface area contributed by atoms with E-state index in [-0.39, 0.29) is 22.5 Å². The van der Waals surface area contributed by atoms with E-state index in [1.807, 2.05) is 0 Å². The van der Waals surface area contributed by atoms with Gasteiger partial charge in [-0.15, -0.1) is 0 Å². The smallest absolute Gasteiger partial charge is 0.289 e. The number of aliphatic hydroxyl groups is 1. The number of nitrogens with one attached hydrogen (secondary N) is 1. The van der Waals surface area contributed by atoms with Gasteiger partial charge in [0.15, 0.2) is 5.72 Å². The van der Waals surface area contributed by atoms with Gasteiger partial charge in [0.1, 0.15) is 29.7 Å². The van der Waals surface area contributed by atoms with Gasteiger partial charge in [0.2, 0.25) is 5.82 Å². The van der Waals surface area contributed by atoms with E-state index >= 15 is 0 Å². The molecule has 1 saturated carbocycles. The van der Waals surface area contributed by atoms with E-state index in [4.69, 9.17) is 0 Å². The second-order valence-electron chi connectivity index (χ2n) is 8.06. The van der Waals surface area contributed by atoms with Gasteiger partial charge in [0.25, 0.3) is 12.0 Å². The highest BCUT2D eigenvalue weighted by Crippen LogP contribution is 2.43. The Morgan fingerprint density at radius 2 is 1.94 bits per heavy atom. The summed E-state index contributed by atoms with van der Waals surface area (Å²) in [6.45, 7) is 1.64. The van der Waals surface area contributed by atoms with Crippen molar-refractivity contribution >= 4 is 16.7 Å². The van der Waals surface area contributed by atoms with Crippen molar-refractivity contribution in [2.45, 2.75) is 44.4 Å². The normalized spacial score (nSPS) is 16.9. The van der Waals surface area contributed by atoms with Crippen LogP contribution >= 0.6 is 0 Å². The van der Waals surface area contributed by atoms with Crippen molar-refractivity contribution in [2.24, 2.45) is 0 Å². The molecule has 4 rings (SSSR count). The lowest BCUT2D eigenvalue weighted by Gasteiger charge is -2.28. The highest BCUT2D eigenvalue weighted by atomic mass is 19.3. The van der Waals surface area contributed by atoms with Crippen LogP contribution in [0.25, 0.3) is 10.9 Å². The van der Waals surface area contributed by atoms with Crippen molar-refractivity contribution in [3.05, 3.63) is 63.3 Å². The Labute approximate surface area is 178 Å². The topological polar surface area (TPSA) is 80.0 Å². The zero-order valence-corrected chi connectivity index (χ0v) is 17.1. The number of nitrogens with zero attached hydrogens (tertiary/aromatic N) is 3. The fourth-order valence-electron chi connectivity index (χ4n) is 3.69. The molecule has 1 aliphatic carbocycles. The molecule has 2 N–H and O–H groups in total. The minimum Gasteiger partial charge on any atom is -0.367 e. The van der Waals surface area contributed by atoms with E-state index in [1.165, 1.54) is 13.1 Å². The Kier molecular flexibility index (Phi) is 5.19. The first-order valence-electron chi connectivity index (χ1n) is 9.74. The average Bonchev–Trinajstić information content (AvgIpc) is 3.51. The number of halogens is 5. The monoisotopic (exact) mass is 454 g/mol. The van der Waals surface area contributed by atoms with E-state index in [1.54, 1.807) is 0 Å². The second kappa shape index (κ2) is 7.51. The van der Waals surface area contributed by atoms with Crippen molar-refractivity contribution in [1.82, 2.24) is 14.5 Å². The summed E-state index contributed by atoms with van der Waals surface area (Å²) in [5.74, 6) is -2.68. The molecule has 0 aliphatic heterocycles. The van der Waals surface area contributed by atoms with Crippen molar-refractivity contribution in [3.63, 3.8) is 0 Å². The maximum atomic E-state index is 14.9. The third-order valence-electron chi connectivity index (χ3n) is 5.67. The van der Waals surface area contributed by atoms with Gasteiger partial charge in [-0.3, -0.25) is 4.79 Å². The fraction of sp³-hybridized carbons (Fsp3) is 0.381. The molecule has 1 fully saturated rings. The number of alkyl halides is 3. The molecule has 0 amide bonds. The van der Waals surface area contributed by atoms with Gasteiger partial charge in [-0.2, -0.15) is 4.39 Å². The molecule has 0 unspecified atom stereocenters. The summed E-state index contributed by atoms with van der Waals surface area (Å²) in [5, 5.41) is 13.4. The highest BCUT2D eigenvalue weighted by molar-refractivity contribution is 5.89. The number of aryl methyl sites for hydroxylation is 1. The summed E-state index contributed by atoms with van der Waals surface area (Å²) in [7, 11) is 0. The van der Waals surface area contributed by atoms with E-state index in [0.29, 0.717) is 12.8 Å². The van der Waals surface area contributed by atoms with Crippen LogP contribution in [0.15, 0.2) is 29.2 Å². The lowest BCUT2D eigenvalue weighted by molar-refractivity contribution is 0.0825. The van der Waals surface area contributed by atoms with E-state index < -0.39 is 52.7 Å². The summed E-state index contributed by atoms with van der Waals surface area (Å²) < 4.78 is 70.2. The number of aromatic nitrogens is 3. The molecule has 0 radical (unpaired) electrons. The molecule has 6 nitrogen and oxygen atoms in total. The quantitative estimate of drug-likeness (QED) is 0.434. The van der Waals surface area contributed by atoms with Crippen LogP contribution in [0.3, 0.4) is 0 Å². The van der Waals surface area contributed by atoms with Crippen LogP contribution in [0, 0.1) is 18.6 Å². The van der Waals surface area contributed by atoms with Gasteiger partial charge in [0.05, 0.1) is 16.5 Å². The average molecular weight is 454 g/mol. The standard InChI is InChI=1S/C21H19F5N4O2/c1-10-27-16-12(8-30(19(31)15(16)24)21(9-22)6-7-21)18(28-10)29-20(2,32)13-5-3-4-11(14(13)23)17(25)26/h3-5,8,17,32H,6-7,9H2,1-2H3,(H,27,28,29)/t20-/m0/s1. The van der Waals surface area contributed by atoms with Gasteiger partial charge in [-0.1, -0.05) is 18.2 Å². The Bertz CT molecular complexity index is 1270. The van der Waals surface area contributed by atoms with E-state index in [2.05, 4.69) is 15.3 Å². The molecule has 0 bridgehead atoms. The number of fused-ring (bicyclic) bond motifs is 1. The fourth-order valence-corrected chi connectivity index (χ4v) is 3.69. The molecule has 3 aromatic rings. The molecule has 2 aromatic heterocycles. The van der Waals surface area contributed by atoms with E-state index in [9.17, 15) is 31.9 Å². The molecule has 0 saturated heterocycles. The Morgan fingerprint density at radius 1 is 1.25 bits per heavy atom. The van der Waals surface area contributed by atoms with Crippen molar-refractivity contribution in [2.75, 3.05) is 12.0 Å². The van der Waals surface area contributed by atoms with E-state index in [0.717, 1.165) is 29.7 Å². The van der Waals surface area contributed by atoms with Gasteiger partial charge in [-0.05, 0) is 26.7 Å². The lowest BCUT2D eigenvalue weighted by atomic mass is 10.0. The minimum atomic E-state index is -3.10. The third-order valence-corrected chi connectivity index (χ3v) is 5.67. The zero-order valence-electron chi connectivity index (χ0n) is 17.1. The first-order chi connectivity index (χ1) is 15.0. The van der Waals surface area contributed by atoms with Gasteiger partial charge in [0, 0.05) is 11.8 Å². The molecule has 1 aliphatic rings. The summed E-state index contributed by atoms with van der Waals surface area (Å²) in [6, 6.07) is 3.17. The highest BCUT2D eigenvalue weighted by Gasteiger charge is 2.46. The summed E-state index contributed by atoms with van der Waals surface area (Å²) in [6.07, 6.45) is -1.23. The summed E-state index contributed by atoms with van der Waals surface area (Å²) in [5.41, 5.74) is -6.21. The van der Waals surface area contributed by atoms with Crippen LogP contribution in [0.2, 0.25) is 0 Å². The number of anilines is 1. The van der Waals surface area contributed by atoms with Crippen molar-refractivity contribution in [1.29, 1.82) is 0 Å². The zero-order chi connectivity index (χ0) is 23.4.